The highest BCUT2D eigenvalue weighted by Gasteiger charge is 2.35. The van der Waals surface area contributed by atoms with Crippen LogP contribution in [0.4, 0.5) is 0 Å². The van der Waals surface area contributed by atoms with E-state index in [2.05, 4.69) is 24.1 Å². The average molecular weight is 387 g/mol. The third-order valence-electron chi connectivity index (χ3n) is 5.36. The van der Waals surface area contributed by atoms with Gasteiger partial charge in [0, 0.05) is 31.6 Å². The zero-order chi connectivity index (χ0) is 20.7. The van der Waals surface area contributed by atoms with E-state index in [4.69, 9.17) is 9.73 Å². The lowest BCUT2D eigenvalue weighted by atomic mass is 9.91. The van der Waals surface area contributed by atoms with Gasteiger partial charge in [0.15, 0.2) is 0 Å². The van der Waals surface area contributed by atoms with Gasteiger partial charge in [0.1, 0.15) is 11.5 Å². The van der Waals surface area contributed by atoms with Crippen LogP contribution in [0, 0.1) is 13.8 Å². The standard InChI is InChI=1S/C24H25N3O2/c1-14-10-15(2)25-19(14)12-21-22(29-5)13-20(26-21)18-11-16-8-6-7-9-17(16)23(18)24(28)27(3)4/h6-13,23,25H,1-5H3/b21-12-. The summed E-state index contributed by atoms with van der Waals surface area (Å²) in [7, 11) is 5.22. The molecule has 0 saturated carbocycles. The number of ether oxygens (including phenoxy) is 1. The summed E-state index contributed by atoms with van der Waals surface area (Å²) in [6.07, 6.45) is 5.98. The van der Waals surface area contributed by atoms with Crippen LogP contribution in [0.2, 0.25) is 0 Å². The Morgan fingerprint density at radius 2 is 1.97 bits per heavy atom. The van der Waals surface area contributed by atoms with Gasteiger partial charge in [0.05, 0.1) is 18.7 Å². The van der Waals surface area contributed by atoms with E-state index < -0.39 is 0 Å². The highest BCUT2D eigenvalue weighted by atomic mass is 16.5. The van der Waals surface area contributed by atoms with Crippen LogP contribution in [0.25, 0.3) is 12.2 Å². The molecule has 1 amide bonds. The number of hydrogen-bond donors (Lipinski definition) is 1. The van der Waals surface area contributed by atoms with Crippen LogP contribution in [-0.2, 0) is 9.53 Å². The molecule has 1 aliphatic carbocycles. The molecule has 0 fully saturated rings. The molecule has 1 aromatic heterocycles. The third-order valence-corrected chi connectivity index (χ3v) is 5.36. The van der Waals surface area contributed by atoms with Crippen molar-refractivity contribution < 1.29 is 9.53 Å². The average Bonchev–Trinajstić information content (AvgIpc) is 3.36. The molecule has 29 heavy (non-hydrogen) atoms. The first-order chi connectivity index (χ1) is 13.9. The van der Waals surface area contributed by atoms with Crippen molar-refractivity contribution in [3.63, 3.8) is 0 Å². The zero-order valence-electron chi connectivity index (χ0n) is 17.4. The summed E-state index contributed by atoms with van der Waals surface area (Å²) in [5, 5.41) is 0. The number of likely N-dealkylation sites (N-methyl/N-ethyl adjacent to an activating group) is 1. The molecule has 1 aliphatic heterocycles. The van der Waals surface area contributed by atoms with Gasteiger partial charge in [-0.15, -0.1) is 0 Å². The minimum atomic E-state index is -0.358. The Bertz CT molecular complexity index is 1110. The molecule has 2 heterocycles. The van der Waals surface area contributed by atoms with Gasteiger partial charge >= 0.3 is 0 Å². The van der Waals surface area contributed by atoms with Crippen molar-refractivity contribution in [2.24, 2.45) is 4.99 Å². The van der Waals surface area contributed by atoms with Crippen LogP contribution in [-0.4, -0.2) is 42.7 Å². The Hall–Kier alpha value is -3.34. The number of hydrogen-bond acceptors (Lipinski definition) is 3. The van der Waals surface area contributed by atoms with E-state index in [1.807, 2.05) is 43.3 Å². The van der Waals surface area contributed by atoms with Crippen LogP contribution in [0.1, 0.15) is 34.0 Å². The summed E-state index contributed by atoms with van der Waals surface area (Å²) in [5.74, 6) is 0.382. The van der Waals surface area contributed by atoms with Gasteiger partial charge in [-0.2, -0.15) is 0 Å². The van der Waals surface area contributed by atoms with E-state index in [9.17, 15) is 4.79 Å². The fraction of sp³-hybridized carbons (Fsp3) is 0.250. The van der Waals surface area contributed by atoms with Crippen LogP contribution in [0.5, 0.6) is 0 Å². The molecular formula is C24H25N3O2. The summed E-state index contributed by atoms with van der Waals surface area (Å²) in [6.45, 7) is 4.09. The second-order valence-electron chi connectivity index (χ2n) is 7.68. The Morgan fingerprint density at radius 1 is 1.21 bits per heavy atom. The number of methoxy groups -OCH3 is 1. The molecule has 2 aliphatic rings. The highest BCUT2D eigenvalue weighted by molar-refractivity contribution is 6.19. The van der Waals surface area contributed by atoms with Crippen LogP contribution in [0.3, 0.4) is 0 Å². The molecule has 1 N–H and O–H groups in total. The van der Waals surface area contributed by atoms with E-state index in [0.717, 1.165) is 45.1 Å². The number of nitrogens with zero attached hydrogens (tertiary/aromatic N) is 2. The van der Waals surface area contributed by atoms with Crippen molar-refractivity contribution in [3.8, 4) is 0 Å². The summed E-state index contributed by atoms with van der Waals surface area (Å²) >= 11 is 0. The van der Waals surface area contributed by atoms with Crippen molar-refractivity contribution in [3.05, 3.63) is 81.5 Å². The third kappa shape index (κ3) is 3.33. The summed E-state index contributed by atoms with van der Waals surface area (Å²) < 4.78 is 5.59. The SMILES string of the molecule is COC1=CC(C2=Cc3ccccc3C2C(=O)N(C)C)=N/C1=C\c1[nH]c(C)cc1C. The van der Waals surface area contributed by atoms with Gasteiger partial charge in [-0.05, 0) is 54.3 Å². The predicted molar refractivity (Wildman–Crippen MR) is 117 cm³/mol. The minimum Gasteiger partial charge on any atom is -0.494 e. The Kier molecular flexibility index (Phi) is 4.74. The molecule has 0 saturated heterocycles. The first-order valence-electron chi connectivity index (χ1n) is 9.63. The molecule has 1 aromatic carbocycles. The normalized spacial score (nSPS) is 19.0. The van der Waals surface area contributed by atoms with Crippen LogP contribution in [0.15, 0.2) is 58.4 Å². The molecule has 0 bridgehead atoms. The molecule has 1 atom stereocenters. The zero-order valence-corrected chi connectivity index (χ0v) is 17.4. The molecular weight excluding hydrogens is 362 g/mol. The van der Waals surface area contributed by atoms with Crippen molar-refractivity contribution in [2.45, 2.75) is 19.8 Å². The Morgan fingerprint density at radius 3 is 2.62 bits per heavy atom. The molecule has 4 rings (SSSR count). The number of amides is 1. The highest BCUT2D eigenvalue weighted by Crippen LogP contribution is 2.40. The molecule has 1 unspecified atom stereocenters. The van der Waals surface area contributed by atoms with E-state index >= 15 is 0 Å². The van der Waals surface area contributed by atoms with Gasteiger partial charge in [0.2, 0.25) is 5.91 Å². The van der Waals surface area contributed by atoms with Crippen molar-refractivity contribution in [1.29, 1.82) is 0 Å². The number of nitrogens with one attached hydrogen (secondary N) is 1. The lowest BCUT2D eigenvalue weighted by molar-refractivity contribution is -0.129. The maximum atomic E-state index is 13.0. The van der Waals surface area contributed by atoms with Crippen LogP contribution < -0.4 is 0 Å². The van der Waals surface area contributed by atoms with Crippen molar-refractivity contribution >= 4 is 23.8 Å². The maximum Gasteiger partial charge on any atom is 0.234 e. The lowest BCUT2D eigenvalue weighted by Crippen LogP contribution is -2.29. The number of carbonyl (C=O) groups excluding carboxylic acids is 1. The van der Waals surface area contributed by atoms with Crippen LogP contribution >= 0.6 is 0 Å². The number of aryl methyl sites for hydroxylation is 2. The number of allylic oxidation sites excluding steroid dienone is 1. The number of aliphatic imine (C=N–C) groups is 1. The predicted octanol–water partition coefficient (Wildman–Crippen LogP) is 4.23. The lowest BCUT2D eigenvalue weighted by Gasteiger charge is -2.20. The first-order valence-corrected chi connectivity index (χ1v) is 9.63. The van der Waals surface area contributed by atoms with Gasteiger partial charge in [-0.3, -0.25) is 4.79 Å². The van der Waals surface area contributed by atoms with E-state index in [0.29, 0.717) is 5.76 Å². The fourth-order valence-corrected chi connectivity index (χ4v) is 3.94. The van der Waals surface area contributed by atoms with E-state index in [1.165, 1.54) is 0 Å². The maximum absolute atomic E-state index is 13.0. The van der Waals surface area contributed by atoms with Crippen molar-refractivity contribution in [2.75, 3.05) is 21.2 Å². The topological polar surface area (TPSA) is 57.7 Å². The second kappa shape index (κ2) is 7.24. The summed E-state index contributed by atoms with van der Waals surface area (Å²) in [5.41, 5.74) is 7.77. The molecule has 0 radical (unpaired) electrons. The first kappa shape index (κ1) is 19.0. The smallest absolute Gasteiger partial charge is 0.234 e. The number of benzene rings is 1. The Balaban J connectivity index is 1.78. The number of fused-ring (bicyclic) bond motifs is 1. The molecule has 5 nitrogen and oxygen atoms in total. The quantitative estimate of drug-likeness (QED) is 0.854. The molecule has 0 spiro atoms. The fourth-order valence-electron chi connectivity index (χ4n) is 3.94. The van der Waals surface area contributed by atoms with Gasteiger partial charge in [-0.25, -0.2) is 4.99 Å². The second-order valence-corrected chi connectivity index (χ2v) is 7.68. The van der Waals surface area contributed by atoms with E-state index in [-0.39, 0.29) is 11.8 Å². The van der Waals surface area contributed by atoms with Gasteiger partial charge < -0.3 is 14.6 Å². The minimum absolute atomic E-state index is 0.0459. The van der Waals surface area contributed by atoms with Crippen molar-refractivity contribution in [1.82, 2.24) is 9.88 Å². The number of aromatic amines is 1. The number of carbonyl (C=O) groups is 1. The summed E-state index contributed by atoms with van der Waals surface area (Å²) in [4.78, 5) is 22.8. The van der Waals surface area contributed by atoms with Gasteiger partial charge in [0.25, 0.3) is 0 Å². The number of rotatable bonds is 4. The molecule has 5 heteroatoms. The largest absolute Gasteiger partial charge is 0.494 e. The summed E-state index contributed by atoms with van der Waals surface area (Å²) in [6, 6.07) is 10.1. The number of aromatic nitrogens is 1. The van der Waals surface area contributed by atoms with Gasteiger partial charge in [-0.1, -0.05) is 24.3 Å². The van der Waals surface area contributed by atoms with E-state index in [1.54, 1.807) is 26.1 Å². The molecule has 148 valence electrons. The number of H-pyrrole nitrogens is 1. The Labute approximate surface area is 171 Å². The monoisotopic (exact) mass is 387 g/mol. The molecule has 2 aromatic rings.